The van der Waals surface area contributed by atoms with E-state index < -0.39 is 12.0 Å². The van der Waals surface area contributed by atoms with Gasteiger partial charge in [0.25, 0.3) is 11.8 Å². The third-order valence-electron chi connectivity index (χ3n) is 3.81. The molecule has 126 valence electrons. The van der Waals surface area contributed by atoms with Crippen LogP contribution in [-0.4, -0.2) is 36.4 Å². The summed E-state index contributed by atoms with van der Waals surface area (Å²) < 4.78 is 5.52. The zero-order valence-corrected chi connectivity index (χ0v) is 14.2. The Bertz CT molecular complexity index is 743. The minimum absolute atomic E-state index is 0.0193. The summed E-state index contributed by atoms with van der Waals surface area (Å²) >= 11 is 0. The van der Waals surface area contributed by atoms with Crippen LogP contribution in [-0.2, 0) is 4.79 Å². The molecule has 0 saturated carbocycles. The molecule has 5 nitrogen and oxygen atoms in total. The highest BCUT2D eigenvalue weighted by molar-refractivity contribution is 5.95. The maximum Gasteiger partial charge on any atom is 0.258 e. The van der Waals surface area contributed by atoms with Gasteiger partial charge in [0.05, 0.1) is 0 Å². The lowest BCUT2D eigenvalue weighted by molar-refractivity contribution is -0.123. The highest BCUT2D eigenvalue weighted by Crippen LogP contribution is 2.25. The van der Waals surface area contributed by atoms with Gasteiger partial charge in [0, 0.05) is 19.2 Å². The van der Waals surface area contributed by atoms with Gasteiger partial charge >= 0.3 is 0 Å². The minimum Gasteiger partial charge on any atom is -0.481 e. The number of benzene rings is 2. The number of amides is 2. The van der Waals surface area contributed by atoms with Crippen molar-refractivity contribution in [3.8, 4) is 16.9 Å². The number of rotatable bonds is 6. The smallest absolute Gasteiger partial charge is 0.258 e. The molecule has 0 aliphatic rings. The lowest BCUT2D eigenvalue weighted by Gasteiger charge is -2.15. The molecule has 0 aromatic heterocycles. The Balaban J connectivity index is 2.29. The second-order valence-corrected chi connectivity index (χ2v) is 5.59. The Morgan fingerprint density at radius 3 is 2.38 bits per heavy atom. The second kappa shape index (κ2) is 7.64. The number of carbonyl (C=O) groups is 2. The summed E-state index contributed by atoms with van der Waals surface area (Å²) in [5.41, 5.74) is 7.66. The van der Waals surface area contributed by atoms with E-state index in [0.717, 1.165) is 11.1 Å². The monoisotopic (exact) mass is 326 g/mol. The topological polar surface area (TPSA) is 72.6 Å². The normalized spacial score (nSPS) is 11.6. The molecule has 0 fully saturated rings. The summed E-state index contributed by atoms with van der Waals surface area (Å²) in [6.07, 6.45) is -0.702. The van der Waals surface area contributed by atoms with Gasteiger partial charge in [0.1, 0.15) is 5.75 Å². The van der Waals surface area contributed by atoms with Crippen LogP contribution in [0.25, 0.3) is 11.1 Å². The fraction of sp³-hybridized carbons (Fsp3) is 0.263. The summed E-state index contributed by atoms with van der Waals surface area (Å²) in [5.74, 6) is 0.0194. The first-order valence-corrected chi connectivity index (χ1v) is 7.84. The van der Waals surface area contributed by atoms with Gasteiger partial charge in [-0.05, 0) is 49.2 Å². The van der Waals surface area contributed by atoms with E-state index in [0.29, 0.717) is 17.9 Å². The van der Waals surface area contributed by atoms with Gasteiger partial charge in [-0.25, -0.2) is 0 Å². The predicted molar refractivity (Wildman–Crippen MR) is 93.8 cm³/mol. The van der Waals surface area contributed by atoms with E-state index in [4.69, 9.17) is 10.5 Å². The fourth-order valence-corrected chi connectivity index (χ4v) is 2.21. The van der Waals surface area contributed by atoms with Gasteiger partial charge in [-0.2, -0.15) is 0 Å². The number of nitrogens with zero attached hydrogens (tertiary/aromatic N) is 1. The van der Waals surface area contributed by atoms with Gasteiger partial charge in [0.2, 0.25) is 0 Å². The van der Waals surface area contributed by atoms with Gasteiger partial charge in [0.15, 0.2) is 6.10 Å². The lowest BCUT2D eigenvalue weighted by atomic mass is 10.0. The summed E-state index contributed by atoms with van der Waals surface area (Å²) in [6, 6.07) is 14.8. The standard InChI is InChI=1S/C19H22N2O3/c1-4-21(3)19(23)16-9-5-7-14(11-16)15-8-6-10-17(12-15)24-13(2)18(20)22/h5-13H,4H2,1-3H3,(H2,20,22)/t13-/m0/s1. The average molecular weight is 326 g/mol. The molecular formula is C19H22N2O3. The van der Waals surface area contributed by atoms with Crippen molar-refractivity contribution in [2.24, 2.45) is 5.73 Å². The summed E-state index contributed by atoms with van der Waals surface area (Å²) in [7, 11) is 1.77. The van der Waals surface area contributed by atoms with E-state index in [9.17, 15) is 9.59 Å². The van der Waals surface area contributed by atoms with Gasteiger partial charge in [-0.15, -0.1) is 0 Å². The lowest BCUT2D eigenvalue weighted by Crippen LogP contribution is -2.30. The molecule has 2 amide bonds. The van der Waals surface area contributed by atoms with Crippen LogP contribution in [0, 0.1) is 0 Å². The van der Waals surface area contributed by atoms with Crippen molar-refractivity contribution in [2.75, 3.05) is 13.6 Å². The van der Waals surface area contributed by atoms with E-state index in [-0.39, 0.29) is 5.91 Å². The van der Waals surface area contributed by atoms with Gasteiger partial charge < -0.3 is 15.4 Å². The van der Waals surface area contributed by atoms with E-state index in [2.05, 4.69) is 0 Å². The largest absolute Gasteiger partial charge is 0.481 e. The number of hydrogen-bond acceptors (Lipinski definition) is 3. The zero-order valence-electron chi connectivity index (χ0n) is 14.2. The number of carbonyl (C=O) groups excluding carboxylic acids is 2. The van der Waals surface area contributed by atoms with Crippen LogP contribution in [0.3, 0.4) is 0 Å². The molecule has 0 aliphatic carbocycles. The van der Waals surface area contributed by atoms with Crippen LogP contribution in [0.2, 0.25) is 0 Å². The van der Waals surface area contributed by atoms with Crippen LogP contribution in [0.5, 0.6) is 5.75 Å². The Morgan fingerprint density at radius 2 is 1.75 bits per heavy atom. The maximum absolute atomic E-state index is 12.3. The zero-order chi connectivity index (χ0) is 17.7. The second-order valence-electron chi connectivity index (χ2n) is 5.59. The number of primary amides is 1. The van der Waals surface area contributed by atoms with Crippen molar-refractivity contribution in [3.05, 3.63) is 54.1 Å². The summed E-state index contributed by atoms with van der Waals surface area (Å²) in [5, 5.41) is 0. The molecule has 0 bridgehead atoms. The third kappa shape index (κ3) is 4.13. The predicted octanol–water partition coefficient (Wildman–Crippen LogP) is 2.70. The number of nitrogens with two attached hydrogens (primary N) is 1. The van der Waals surface area contributed by atoms with Crippen molar-refractivity contribution in [1.82, 2.24) is 4.90 Å². The molecule has 0 heterocycles. The maximum atomic E-state index is 12.3. The highest BCUT2D eigenvalue weighted by Gasteiger charge is 2.12. The Labute approximate surface area is 142 Å². The summed E-state index contributed by atoms with van der Waals surface area (Å²) in [6.45, 7) is 4.19. The molecule has 0 radical (unpaired) electrons. The molecule has 2 aromatic carbocycles. The van der Waals surface area contributed by atoms with Crippen LogP contribution < -0.4 is 10.5 Å². The summed E-state index contributed by atoms with van der Waals surface area (Å²) in [4.78, 5) is 25.1. The molecule has 2 rings (SSSR count). The van der Waals surface area contributed by atoms with Crippen molar-refractivity contribution >= 4 is 11.8 Å². The van der Waals surface area contributed by atoms with E-state index in [1.165, 1.54) is 0 Å². The van der Waals surface area contributed by atoms with Crippen LogP contribution >= 0.6 is 0 Å². The van der Waals surface area contributed by atoms with Crippen LogP contribution in [0.4, 0.5) is 0 Å². The number of ether oxygens (including phenoxy) is 1. The van der Waals surface area contributed by atoms with Gasteiger partial charge in [-0.3, -0.25) is 9.59 Å². The number of hydrogen-bond donors (Lipinski definition) is 1. The molecule has 2 N–H and O–H groups in total. The molecule has 2 aromatic rings. The van der Waals surface area contributed by atoms with E-state index in [1.807, 2.05) is 43.3 Å². The highest BCUT2D eigenvalue weighted by atomic mass is 16.5. The molecule has 0 unspecified atom stereocenters. The molecule has 0 aliphatic heterocycles. The van der Waals surface area contributed by atoms with Crippen molar-refractivity contribution in [3.63, 3.8) is 0 Å². The van der Waals surface area contributed by atoms with Gasteiger partial charge in [-0.1, -0.05) is 24.3 Å². The average Bonchev–Trinajstić information content (AvgIpc) is 2.60. The first kappa shape index (κ1) is 17.5. The SMILES string of the molecule is CCN(C)C(=O)c1cccc(-c2cccc(O[C@@H](C)C(N)=O)c2)c1. The molecule has 24 heavy (non-hydrogen) atoms. The molecule has 0 saturated heterocycles. The van der Waals surface area contributed by atoms with E-state index >= 15 is 0 Å². The third-order valence-corrected chi connectivity index (χ3v) is 3.81. The Kier molecular flexibility index (Phi) is 5.58. The quantitative estimate of drug-likeness (QED) is 0.887. The Morgan fingerprint density at radius 1 is 1.12 bits per heavy atom. The minimum atomic E-state index is -0.702. The van der Waals surface area contributed by atoms with E-state index in [1.54, 1.807) is 31.0 Å². The van der Waals surface area contributed by atoms with Crippen molar-refractivity contribution in [1.29, 1.82) is 0 Å². The van der Waals surface area contributed by atoms with Crippen molar-refractivity contribution in [2.45, 2.75) is 20.0 Å². The fourth-order valence-electron chi connectivity index (χ4n) is 2.21. The van der Waals surface area contributed by atoms with Crippen LogP contribution in [0.1, 0.15) is 24.2 Å². The molecular weight excluding hydrogens is 304 g/mol. The molecule has 0 spiro atoms. The molecule has 1 atom stereocenters. The molecule has 5 heteroatoms. The first-order valence-electron chi connectivity index (χ1n) is 7.84. The van der Waals surface area contributed by atoms with Crippen molar-refractivity contribution < 1.29 is 14.3 Å². The Hall–Kier alpha value is -2.82. The van der Waals surface area contributed by atoms with Crippen LogP contribution in [0.15, 0.2) is 48.5 Å². The first-order chi connectivity index (χ1) is 11.4.